The van der Waals surface area contributed by atoms with Gasteiger partial charge in [0.25, 0.3) is 0 Å². The lowest BCUT2D eigenvalue weighted by Gasteiger charge is -2.18. The first kappa shape index (κ1) is 18.4. The van der Waals surface area contributed by atoms with Gasteiger partial charge in [-0.15, -0.1) is 0 Å². The van der Waals surface area contributed by atoms with Crippen LogP contribution >= 0.6 is 0 Å². The van der Waals surface area contributed by atoms with Crippen molar-refractivity contribution in [2.24, 2.45) is 11.8 Å². The summed E-state index contributed by atoms with van der Waals surface area (Å²) in [6.07, 6.45) is -4.50. The molecule has 0 amide bonds. The Morgan fingerprint density at radius 1 is 1.23 bits per heavy atom. The van der Waals surface area contributed by atoms with Crippen molar-refractivity contribution in [3.8, 4) is 5.69 Å². The van der Waals surface area contributed by atoms with Crippen molar-refractivity contribution in [1.82, 2.24) is 14.7 Å². The van der Waals surface area contributed by atoms with Gasteiger partial charge in [-0.25, -0.2) is 4.68 Å². The molecule has 0 spiro atoms. The largest absolute Gasteiger partial charge is 0.481 e. The minimum absolute atomic E-state index is 0.0985. The summed E-state index contributed by atoms with van der Waals surface area (Å²) in [6.45, 7) is 3.74. The zero-order valence-corrected chi connectivity index (χ0v) is 14.5. The van der Waals surface area contributed by atoms with Gasteiger partial charge in [0.05, 0.1) is 23.2 Å². The molecule has 140 valence electrons. The smallest absolute Gasteiger partial charge is 0.393 e. The van der Waals surface area contributed by atoms with Crippen molar-refractivity contribution in [3.63, 3.8) is 0 Å². The first-order valence-electron chi connectivity index (χ1n) is 8.29. The summed E-state index contributed by atoms with van der Waals surface area (Å²) in [5, 5.41) is 13.5. The number of nitrogens with zero attached hydrogens (tertiary/aromatic N) is 3. The Hall–Kier alpha value is -2.35. The average Bonchev–Trinajstić information content (AvgIpc) is 3.11. The second-order valence-electron chi connectivity index (χ2n) is 6.79. The quantitative estimate of drug-likeness (QED) is 0.902. The summed E-state index contributed by atoms with van der Waals surface area (Å²) in [4.78, 5) is 12.7. The Labute approximate surface area is 149 Å². The maximum absolute atomic E-state index is 13.1. The van der Waals surface area contributed by atoms with Crippen LogP contribution in [0.4, 0.5) is 13.2 Å². The van der Waals surface area contributed by atoms with E-state index in [1.165, 1.54) is 0 Å². The van der Waals surface area contributed by atoms with E-state index in [-0.39, 0.29) is 19.6 Å². The predicted octanol–water partition coefficient (Wildman–Crippen LogP) is 3.18. The third kappa shape index (κ3) is 3.75. The third-order valence-corrected chi connectivity index (χ3v) is 4.73. The van der Waals surface area contributed by atoms with Gasteiger partial charge in [0.1, 0.15) is 0 Å². The van der Waals surface area contributed by atoms with Gasteiger partial charge in [-0.3, -0.25) is 9.69 Å². The van der Waals surface area contributed by atoms with Gasteiger partial charge in [-0.1, -0.05) is 12.1 Å². The highest BCUT2D eigenvalue weighted by Gasteiger charge is 2.52. The van der Waals surface area contributed by atoms with Crippen LogP contribution in [0.5, 0.6) is 0 Å². The molecule has 1 aliphatic rings. The lowest BCUT2D eigenvalue weighted by Crippen LogP contribution is -2.33. The highest BCUT2D eigenvalue weighted by Crippen LogP contribution is 2.38. The van der Waals surface area contributed by atoms with E-state index in [1.54, 1.807) is 9.58 Å². The number of hydrogen-bond acceptors (Lipinski definition) is 3. The molecular weight excluding hydrogens is 347 g/mol. The SMILES string of the molecule is Cc1cc(C)n(-c2ccc(CN3C[C@@H](C(F)(F)F)[C@H](C(=O)O)C3)cc2)n1. The lowest BCUT2D eigenvalue weighted by molar-refractivity contribution is -0.188. The van der Waals surface area contributed by atoms with E-state index in [0.29, 0.717) is 0 Å². The normalized spacial score (nSPS) is 21.3. The van der Waals surface area contributed by atoms with E-state index in [4.69, 9.17) is 5.11 Å². The average molecular weight is 367 g/mol. The molecule has 1 N–H and O–H groups in total. The zero-order chi connectivity index (χ0) is 19.1. The standard InChI is InChI=1S/C18H20F3N3O2/c1-11-7-12(2)24(22-11)14-5-3-13(4-6-14)8-23-9-15(17(25)26)16(10-23)18(19,20)21/h3-7,15-16H,8-10H2,1-2H3,(H,25,26)/t15-,16-/m1/s1. The van der Waals surface area contributed by atoms with Crippen LogP contribution < -0.4 is 0 Å². The number of carboxylic acid groups (broad SMARTS) is 1. The fraction of sp³-hybridized carbons (Fsp3) is 0.444. The van der Waals surface area contributed by atoms with Crippen LogP contribution in [0.25, 0.3) is 5.69 Å². The van der Waals surface area contributed by atoms with Gasteiger partial charge in [-0.2, -0.15) is 18.3 Å². The highest BCUT2D eigenvalue weighted by atomic mass is 19.4. The van der Waals surface area contributed by atoms with Crippen LogP contribution in [0.1, 0.15) is 17.0 Å². The first-order chi connectivity index (χ1) is 12.1. The van der Waals surface area contributed by atoms with E-state index < -0.39 is 24.0 Å². The monoisotopic (exact) mass is 367 g/mol. The topological polar surface area (TPSA) is 58.4 Å². The summed E-state index contributed by atoms with van der Waals surface area (Å²) in [6, 6.07) is 9.36. The molecule has 2 atom stereocenters. The van der Waals surface area contributed by atoms with Crippen molar-refractivity contribution in [3.05, 3.63) is 47.3 Å². The molecule has 0 aliphatic carbocycles. The number of alkyl halides is 3. The van der Waals surface area contributed by atoms with Crippen LogP contribution in [0.15, 0.2) is 30.3 Å². The van der Waals surface area contributed by atoms with Crippen molar-refractivity contribution < 1.29 is 23.1 Å². The molecule has 0 bridgehead atoms. The maximum atomic E-state index is 13.1. The molecule has 26 heavy (non-hydrogen) atoms. The summed E-state index contributed by atoms with van der Waals surface area (Å²) >= 11 is 0. The van der Waals surface area contributed by atoms with E-state index in [9.17, 15) is 18.0 Å². The molecule has 8 heteroatoms. The Balaban J connectivity index is 1.72. The number of rotatable bonds is 4. The molecule has 0 radical (unpaired) electrons. The highest BCUT2D eigenvalue weighted by molar-refractivity contribution is 5.71. The number of aromatic nitrogens is 2. The van der Waals surface area contributed by atoms with Crippen LogP contribution in [0, 0.1) is 25.7 Å². The molecule has 2 heterocycles. The zero-order valence-electron chi connectivity index (χ0n) is 14.5. The van der Waals surface area contributed by atoms with Crippen LogP contribution in [-0.4, -0.2) is 45.0 Å². The third-order valence-electron chi connectivity index (χ3n) is 4.73. The molecule has 2 aromatic rings. The van der Waals surface area contributed by atoms with E-state index >= 15 is 0 Å². The van der Waals surface area contributed by atoms with E-state index in [2.05, 4.69) is 5.10 Å². The van der Waals surface area contributed by atoms with Gasteiger partial charge >= 0.3 is 12.1 Å². The molecular formula is C18H20F3N3O2. The summed E-state index contributed by atoms with van der Waals surface area (Å²) in [5.41, 5.74) is 3.60. The lowest BCUT2D eigenvalue weighted by atomic mass is 9.96. The van der Waals surface area contributed by atoms with Gasteiger partial charge < -0.3 is 5.11 Å². The molecule has 1 aromatic heterocycles. The van der Waals surface area contributed by atoms with E-state index in [1.807, 2.05) is 44.2 Å². The first-order valence-corrected chi connectivity index (χ1v) is 8.29. The van der Waals surface area contributed by atoms with Crippen LogP contribution in [0.2, 0.25) is 0 Å². The van der Waals surface area contributed by atoms with Crippen molar-refractivity contribution >= 4 is 5.97 Å². The fourth-order valence-electron chi connectivity index (χ4n) is 3.49. The molecule has 5 nitrogen and oxygen atoms in total. The summed E-state index contributed by atoms with van der Waals surface area (Å²) < 4.78 is 41.0. The number of hydrogen-bond donors (Lipinski definition) is 1. The van der Waals surface area contributed by atoms with Crippen LogP contribution in [-0.2, 0) is 11.3 Å². The number of halogens is 3. The Kier molecular flexibility index (Phi) is 4.79. The summed E-state index contributed by atoms with van der Waals surface area (Å²) in [7, 11) is 0. The minimum atomic E-state index is -4.50. The number of likely N-dealkylation sites (tertiary alicyclic amines) is 1. The fourth-order valence-corrected chi connectivity index (χ4v) is 3.49. The van der Waals surface area contributed by atoms with Gasteiger partial charge in [0.2, 0.25) is 0 Å². The van der Waals surface area contributed by atoms with Gasteiger partial charge in [-0.05, 0) is 37.6 Å². The number of benzene rings is 1. The Bertz CT molecular complexity index is 799. The maximum Gasteiger partial charge on any atom is 0.393 e. The molecule has 1 aromatic carbocycles. The number of carbonyl (C=O) groups is 1. The molecule has 1 fully saturated rings. The molecule has 1 saturated heterocycles. The Morgan fingerprint density at radius 2 is 1.88 bits per heavy atom. The van der Waals surface area contributed by atoms with Gasteiger partial charge in [0, 0.05) is 25.3 Å². The molecule has 0 saturated carbocycles. The molecule has 3 rings (SSSR count). The van der Waals surface area contributed by atoms with Crippen LogP contribution in [0.3, 0.4) is 0 Å². The van der Waals surface area contributed by atoms with Crippen molar-refractivity contribution in [2.45, 2.75) is 26.6 Å². The number of aryl methyl sites for hydroxylation is 2. The Morgan fingerprint density at radius 3 is 2.35 bits per heavy atom. The predicted molar refractivity (Wildman–Crippen MR) is 89.0 cm³/mol. The van der Waals surface area contributed by atoms with Crippen molar-refractivity contribution in [2.75, 3.05) is 13.1 Å². The summed E-state index contributed by atoms with van der Waals surface area (Å²) in [5.74, 6) is -4.63. The van der Waals surface area contributed by atoms with E-state index in [0.717, 1.165) is 22.6 Å². The molecule has 0 unspecified atom stereocenters. The minimum Gasteiger partial charge on any atom is -0.481 e. The number of carboxylic acids is 1. The van der Waals surface area contributed by atoms with Crippen molar-refractivity contribution in [1.29, 1.82) is 0 Å². The second-order valence-corrected chi connectivity index (χ2v) is 6.79. The van der Waals surface area contributed by atoms with Gasteiger partial charge in [0.15, 0.2) is 0 Å². The molecule has 1 aliphatic heterocycles. The second kappa shape index (κ2) is 6.75. The number of aliphatic carboxylic acids is 1.